The van der Waals surface area contributed by atoms with Gasteiger partial charge in [0.2, 0.25) is 5.95 Å². The maximum atomic E-state index is 12.3. The molecule has 0 saturated heterocycles. The number of H-pyrrole nitrogens is 1. The molecular formula is C5H4F2N2O. The fraction of sp³-hybridized carbons (Fsp3) is 0. The Morgan fingerprint density at radius 3 is 2.40 bits per heavy atom. The predicted octanol–water partition coefficient (Wildman–Crippen LogP) is 0.392. The van der Waals surface area contributed by atoms with Crippen LogP contribution in [0.2, 0.25) is 0 Å². The van der Waals surface area contributed by atoms with Crippen LogP contribution in [0.25, 0.3) is 0 Å². The van der Waals surface area contributed by atoms with Crippen LogP contribution in [0.1, 0.15) is 10.4 Å². The van der Waals surface area contributed by atoms with Crippen molar-refractivity contribution >= 4 is 5.91 Å². The van der Waals surface area contributed by atoms with Gasteiger partial charge in [0.05, 0.1) is 5.56 Å². The second kappa shape index (κ2) is 2.09. The van der Waals surface area contributed by atoms with E-state index in [0.717, 1.165) is 6.20 Å². The first-order valence-corrected chi connectivity index (χ1v) is 2.45. The minimum atomic E-state index is -1.23. The first kappa shape index (κ1) is 6.73. The highest BCUT2D eigenvalue weighted by molar-refractivity contribution is 5.92. The summed E-state index contributed by atoms with van der Waals surface area (Å²) in [5.74, 6) is -3.39. The molecule has 0 aromatic carbocycles. The number of aromatic nitrogens is 1. The molecule has 1 aromatic rings. The molecule has 5 heteroatoms. The fourth-order valence-corrected chi connectivity index (χ4v) is 0.560. The molecule has 1 rings (SSSR count). The Bertz CT molecular complexity index is 269. The molecule has 1 aromatic heterocycles. The second-order valence-electron chi connectivity index (χ2n) is 1.69. The summed E-state index contributed by atoms with van der Waals surface area (Å²) in [5, 5.41) is 0. The van der Waals surface area contributed by atoms with Crippen LogP contribution in [0.3, 0.4) is 0 Å². The van der Waals surface area contributed by atoms with Crippen molar-refractivity contribution in [3.8, 4) is 0 Å². The predicted molar refractivity (Wildman–Crippen MR) is 29.2 cm³/mol. The summed E-state index contributed by atoms with van der Waals surface area (Å²) in [6, 6.07) is 0. The van der Waals surface area contributed by atoms with Gasteiger partial charge in [-0.1, -0.05) is 0 Å². The number of carbonyl (C=O) groups excluding carboxylic acids is 1. The normalized spacial score (nSPS) is 9.80. The maximum absolute atomic E-state index is 12.3. The lowest BCUT2D eigenvalue weighted by molar-refractivity contribution is 0.0996. The van der Waals surface area contributed by atoms with Gasteiger partial charge in [-0.2, -0.15) is 4.39 Å². The summed E-state index contributed by atoms with van der Waals surface area (Å²) < 4.78 is 24.4. The minimum Gasteiger partial charge on any atom is -0.365 e. The van der Waals surface area contributed by atoms with Crippen LogP contribution >= 0.6 is 0 Å². The zero-order chi connectivity index (χ0) is 7.72. The van der Waals surface area contributed by atoms with Gasteiger partial charge in [-0.05, 0) is 0 Å². The molecule has 0 radical (unpaired) electrons. The Kier molecular flexibility index (Phi) is 1.41. The third-order valence-corrected chi connectivity index (χ3v) is 1.04. The molecule has 0 saturated carbocycles. The Morgan fingerprint density at radius 2 is 2.20 bits per heavy atom. The molecule has 0 fully saturated rings. The van der Waals surface area contributed by atoms with Crippen LogP contribution in [0, 0.1) is 11.8 Å². The van der Waals surface area contributed by atoms with Gasteiger partial charge in [0, 0.05) is 6.20 Å². The van der Waals surface area contributed by atoms with E-state index in [-0.39, 0.29) is 0 Å². The summed E-state index contributed by atoms with van der Waals surface area (Å²) in [6.45, 7) is 0. The summed E-state index contributed by atoms with van der Waals surface area (Å²) >= 11 is 0. The molecule has 54 valence electrons. The van der Waals surface area contributed by atoms with Gasteiger partial charge in [0.15, 0.2) is 5.82 Å². The molecule has 1 amide bonds. The number of rotatable bonds is 1. The van der Waals surface area contributed by atoms with Gasteiger partial charge in [0.1, 0.15) is 0 Å². The molecule has 0 aliphatic carbocycles. The van der Waals surface area contributed by atoms with E-state index in [9.17, 15) is 13.6 Å². The van der Waals surface area contributed by atoms with Crippen molar-refractivity contribution in [2.75, 3.05) is 0 Å². The first-order valence-electron chi connectivity index (χ1n) is 2.45. The standard InChI is InChI=1S/C5H4F2N2O/c6-3-2(5(8)10)1-9-4(3)7/h1,9H,(H2,8,10). The van der Waals surface area contributed by atoms with Crippen LogP contribution in [0.4, 0.5) is 8.78 Å². The molecule has 0 aliphatic heterocycles. The van der Waals surface area contributed by atoms with Gasteiger partial charge in [-0.25, -0.2) is 4.39 Å². The quantitative estimate of drug-likeness (QED) is 0.591. The molecule has 0 aliphatic rings. The van der Waals surface area contributed by atoms with Crippen molar-refractivity contribution in [1.29, 1.82) is 0 Å². The van der Waals surface area contributed by atoms with Gasteiger partial charge in [-0.15, -0.1) is 0 Å². The number of nitrogens with two attached hydrogens (primary N) is 1. The number of halogens is 2. The maximum Gasteiger partial charge on any atom is 0.253 e. The number of hydrogen-bond donors (Lipinski definition) is 2. The van der Waals surface area contributed by atoms with Crippen molar-refractivity contribution in [3.63, 3.8) is 0 Å². The van der Waals surface area contributed by atoms with Gasteiger partial charge in [-0.3, -0.25) is 4.79 Å². The van der Waals surface area contributed by atoms with E-state index in [0.29, 0.717) is 0 Å². The van der Waals surface area contributed by atoms with Crippen LogP contribution in [0.5, 0.6) is 0 Å². The third kappa shape index (κ3) is 0.854. The highest BCUT2D eigenvalue weighted by atomic mass is 19.2. The molecule has 0 atom stereocenters. The lowest BCUT2D eigenvalue weighted by Crippen LogP contribution is -2.11. The molecular weight excluding hydrogens is 142 g/mol. The Hall–Kier alpha value is -1.39. The van der Waals surface area contributed by atoms with E-state index < -0.39 is 23.2 Å². The van der Waals surface area contributed by atoms with Gasteiger partial charge in [0.25, 0.3) is 5.91 Å². The number of aromatic amines is 1. The van der Waals surface area contributed by atoms with Crippen molar-refractivity contribution in [3.05, 3.63) is 23.5 Å². The molecule has 1 heterocycles. The largest absolute Gasteiger partial charge is 0.365 e. The zero-order valence-corrected chi connectivity index (χ0v) is 4.82. The minimum absolute atomic E-state index is 0.461. The van der Waals surface area contributed by atoms with E-state index >= 15 is 0 Å². The summed E-state index contributed by atoms with van der Waals surface area (Å²) in [5.41, 5.74) is 4.20. The zero-order valence-electron chi connectivity index (χ0n) is 4.82. The molecule has 3 N–H and O–H groups in total. The third-order valence-electron chi connectivity index (χ3n) is 1.04. The van der Waals surface area contributed by atoms with Crippen LogP contribution in [-0.4, -0.2) is 10.9 Å². The molecule has 0 spiro atoms. The molecule has 3 nitrogen and oxygen atoms in total. The number of amides is 1. The second-order valence-corrected chi connectivity index (χ2v) is 1.69. The van der Waals surface area contributed by atoms with Crippen molar-refractivity contribution in [2.24, 2.45) is 5.73 Å². The molecule has 10 heavy (non-hydrogen) atoms. The smallest absolute Gasteiger partial charge is 0.253 e. The van der Waals surface area contributed by atoms with E-state index in [1.807, 2.05) is 4.98 Å². The highest BCUT2D eigenvalue weighted by Gasteiger charge is 2.13. The first-order chi connectivity index (χ1) is 4.63. The van der Waals surface area contributed by atoms with Crippen molar-refractivity contribution in [2.45, 2.75) is 0 Å². The Morgan fingerprint density at radius 1 is 1.60 bits per heavy atom. The van der Waals surface area contributed by atoms with Crippen molar-refractivity contribution < 1.29 is 13.6 Å². The molecule has 0 bridgehead atoms. The Balaban J connectivity index is 3.17. The van der Waals surface area contributed by atoms with Gasteiger partial charge >= 0.3 is 0 Å². The number of nitrogens with one attached hydrogen (secondary N) is 1. The lowest BCUT2D eigenvalue weighted by Gasteiger charge is -1.85. The average molecular weight is 146 g/mol. The van der Waals surface area contributed by atoms with Crippen LogP contribution in [0.15, 0.2) is 6.20 Å². The SMILES string of the molecule is NC(=O)c1c[nH]c(F)c1F. The summed E-state index contributed by atoms with van der Waals surface area (Å²) in [4.78, 5) is 12.1. The Labute approximate surface area is 54.8 Å². The number of primary amides is 1. The lowest BCUT2D eigenvalue weighted by atomic mass is 10.3. The van der Waals surface area contributed by atoms with E-state index in [1.165, 1.54) is 0 Å². The fourth-order valence-electron chi connectivity index (χ4n) is 0.560. The van der Waals surface area contributed by atoms with E-state index in [2.05, 4.69) is 5.73 Å². The van der Waals surface area contributed by atoms with Gasteiger partial charge < -0.3 is 10.7 Å². The van der Waals surface area contributed by atoms with Crippen molar-refractivity contribution in [1.82, 2.24) is 4.98 Å². The average Bonchev–Trinajstić information content (AvgIpc) is 2.14. The monoisotopic (exact) mass is 146 g/mol. The van der Waals surface area contributed by atoms with Crippen LogP contribution < -0.4 is 5.73 Å². The van der Waals surface area contributed by atoms with E-state index in [1.54, 1.807) is 0 Å². The summed E-state index contributed by atoms with van der Waals surface area (Å²) in [6.07, 6.45) is 0.882. The topological polar surface area (TPSA) is 58.9 Å². The van der Waals surface area contributed by atoms with E-state index in [4.69, 9.17) is 0 Å². The number of carbonyl (C=O) groups is 1. The molecule has 0 unspecified atom stereocenters. The number of hydrogen-bond acceptors (Lipinski definition) is 1. The van der Waals surface area contributed by atoms with Crippen LogP contribution in [-0.2, 0) is 0 Å². The summed E-state index contributed by atoms with van der Waals surface area (Å²) in [7, 11) is 0. The highest BCUT2D eigenvalue weighted by Crippen LogP contribution is 2.08.